The molecular weight excluding hydrogens is 365 g/mol. The molecule has 134 valence electrons. The Morgan fingerprint density at radius 1 is 1.11 bits per heavy atom. The number of halogens is 1. The number of carbonyl (C=O) groups excluding carboxylic acids is 2. The van der Waals surface area contributed by atoms with Crippen LogP contribution in [-0.4, -0.2) is 21.5 Å². The van der Waals surface area contributed by atoms with Crippen LogP contribution in [-0.2, 0) is 16.6 Å². The fourth-order valence-corrected chi connectivity index (χ4v) is 3.43. The minimum absolute atomic E-state index is 0.0655. The van der Waals surface area contributed by atoms with Crippen LogP contribution in [0.4, 0.5) is 10.1 Å². The molecule has 5 nitrogen and oxygen atoms in total. The lowest BCUT2D eigenvalue weighted by atomic mass is 10.1. The summed E-state index contributed by atoms with van der Waals surface area (Å²) in [4.78, 5) is 26.5. The van der Waals surface area contributed by atoms with E-state index in [1.54, 1.807) is 6.07 Å². The van der Waals surface area contributed by atoms with Crippen LogP contribution >= 0.6 is 12.2 Å². The van der Waals surface area contributed by atoms with Crippen LogP contribution in [0, 0.1) is 5.82 Å². The van der Waals surface area contributed by atoms with Crippen molar-refractivity contribution in [1.82, 2.24) is 9.88 Å². The first-order valence-electron chi connectivity index (χ1n) is 8.17. The summed E-state index contributed by atoms with van der Waals surface area (Å²) < 4.78 is 15.5. The molecule has 1 N–H and O–H groups in total. The third-order valence-corrected chi connectivity index (χ3v) is 4.68. The Morgan fingerprint density at radius 2 is 1.89 bits per heavy atom. The summed E-state index contributed by atoms with van der Waals surface area (Å²) in [7, 11) is 1.89. The van der Waals surface area contributed by atoms with Crippen LogP contribution in [0.25, 0.3) is 17.0 Å². The topological polar surface area (TPSA) is 54.3 Å². The Bertz CT molecular complexity index is 1150. The number of anilines is 1. The Balaban J connectivity index is 1.82. The van der Waals surface area contributed by atoms with Crippen LogP contribution in [0.15, 0.2) is 60.3 Å². The number of hydrogen-bond donors (Lipinski definition) is 1. The molecule has 3 aromatic rings. The van der Waals surface area contributed by atoms with Gasteiger partial charge in [0.2, 0.25) is 0 Å². The van der Waals surface area contributed by atoms with Gasteiger partial charge in [-0.25, -0.2) is 4.39 Å². The van der Waals surface area contributed by atoms with Gasteiger partial charge >= 0.3 is 0 Å². The highest BCUT2D eigenvalue weighted by molar-refractivity contribution is 7.80. The SMILES string of the molecule is Cn1cc(C=C2C(=O)NC(=S)N(c3cccc(F)c3)C2=O)c2ccccc21. The number of carbonyl (C=O) groups is 2. The van der Waals surface area contributed by atoms with Gasteiger partial charge in [-0.3, -0.25) is 19.8 Å². The zero-order valence-corrected chi connectivity index (χ0v) is 15.1. The maximum absolute atomic E-state index is 13.6. The van der Waals surface area contributed by atoms with E-state index in [2.05, 4.69) is 5.32 Å². The van der Waals surface area contributed by atoms with Crippen LogP contribution in [0.1, 0.15) is 5.56 Å². The van der Waals surface area contributed by atoms with Gasteiger partial charge in [0.15, 0.2) is 5.11 Å². The lowest BCUT2D eigenvalue weighted by molar-refractivity contribution is -0.122. The maximum atomic E-state index is 13.6. The highest BCUT2D eigenvalue weighted by atomic mass is 32.1. The standard InChI is InChI=1S/C20H14FN3O2S/c1-23-11-12(15-7-2-3-8-17(15)23)9-16-18(25)22-20(27)24(19(16)26)14-6-4-5-13(21)10-14/h2-11H,1H3,(H,22,25,27). The maximum Gasteiger partial charge on any atom is 0.270 e. The molecule has 2 aromatic carbocycles. The van der Waals surface area contributed by atoms with Crippen LogP contribution in [0.5, 0.6) is 0 Å². The van der Waals surface area contributed by atoms with Crippen molar-refractivity contribution in [3.05, 3.63) is 71.7 Å². The van der Waals surface area contributed by atoms with Gasteiger partial charge in [0.1, 0.15) is 11.4 Å². The fraction of sp³-hybridized carbons (Fsp3) is 0.0500. The predicted molar refractivity (Wildman–Crippen MR) is 106 cm³/mol. The van der Waals surface area contributed by atoms with Gasteiger partial charge in [-0.2, -0.15) is 0 Å². The van der Waals surface area contributed by atoms with E-state index in [4.69, 9.17) is 12.2 Å². The van der Waals surface area contributed by atoms with Crippen molar-refractivity contribution in [2.45, 2.75) is 0 Å². The molecule has 0 bridgehead atoms. The summed E-state index contributed by atoms with van der Waals surface area (Å²) in [5.41, 5.74) is 1.90. The van der Waals surface area contributed by atoms with E-state index in [0.717, 1.165) is 21.4 Å². The Hall–Kier alpha value is -3.32. The molecule has 0 radical (unpaired) electrons. The molecule has 1 aliphatic heterocycles. The quantitative estimate of drug-likeness (QED) is 0.423. The number of aromatic nitrogens is 1. The first-order valence-corrected chi connectivity index (χ1v) is 8.57. The van der Waals surface area contributed by atoms with E-state index in [0.29, 0.717) is 0 Å². The van der Waals surface area contributed by atoms with Gasteiger partial charge in [-0.1, -0.05) is 24.3 Å². The second kappa shape index (κ2) is 6.44. The number of nitrogens with zero attached hydrogens (tertiary/aromatic N) is 2. The van der Waals surface area contributed by atoms with Gasteiger partial charge in [0, 0.05) is 29.7 Å². The largest absolute Gasteiger partial charge is 0.350 e. The third kappa shape index (κ3) is 2.92. The average Bonchev–Trinajstić information content (AvgIpc) is 2.95. The monoisotopic (exact) mass is 379 g/mol. The van der Waals surface area contributed by atoms with Gasteiger partial charge < -0.3 is 4.57 Å². The van der Waals surface area contributed by atoms with Crippen LogP contribution < -0.4 is 10.2 Å². The summed E-state index contributed by atoms with van der Waals surface area (Å²) in [6, 6.07) is 13.2. The number of hydrogen-bond acceptors (Lipinski definition) is 3. The van der Waals surface area contributed by atoms with Crippen molar-refractivity contribution in [3.63, 3.8) is 0 Å². The molecule has 0 saturated carbocycles. The van der Waals surface area contributed by atoms with Crippen molar-refractivity contribution in [3.8, 4) is 0 Å². The van der Waals surface area contributed by atoms with Gasteiger partial charge in [0.05, 0.1) is 5.69 Å². The zero-order valence-electron chi connectivity index (χ0n) is 14.3. The van der Waals surface area contributed by atoms with Crippen LogP contribution in [0.3, 0.4) is 0 Å². The molecule has 1 aromatic heterocycles. The van der Waals surface area contributed by atoms with Crippen LogP contribution in [0.2, 0.25) is 0 Å². The summed E-state index contributed by atoms with van der Waals surface area (Å²) in [6.07, 6.45) is 3.38. The van der Waals surface area contributed by atoms with Crippen molar-refractivity contribution >= 4 is 51.8 Å². The lowest BCUT2D eigenvalue weighted by Gasteiger charge is -2.28. The molecule has 2 heterocycles. The lowest BCUT2D eigenvalue weighted by Crippen LogP contribution is -2.54. The molecule has 1 saturated heterocycles. The second-order valence-corrected chi connectivity index (χ2v) is 6.54. The average molecular weight is 379 g/mol. The van der Waals surface area contributed by atoms with Crippen molar-refractivity contribution in [2.75, 3.05) is 4.90 Å². The van der Waals surface area contributed by atoms with E-state index in [9.17, 15) is 14.0 Å². The van der Waals surface area contributed by atoms with Gasteiger partial charge in [-0.15, -0.1) is 0 Å². The first kappa shape index (κ1) is 17.1. The Labute approximate surface area is 159 Å². The molecule has 0 unspecified atom stereocenters. The minimum atomic E-state index is -0.595. The molecule has 4 rings (SSSR count). The number of rotatable bonds is 2. The van der Waals surface area contributed by atoms with E-state index in [1.165, 1.54) is 24.3 Å². The van der Waals surface area contributed by atoms with E-state index in [-0.39, 0.29) is 16.4 Å². The molecule has 0 aliphatic carbocycles. The van der Waals surface area contributed by atoms with Crippen molar-refractivity contribution in [1.29, 1.82) is 0 Å². The summed E-state index contributed by atoms with van der Waals surface area (Å²) >= 11 is 5.12. The number of aryl methyl sites for hydroxylation is 1. The zero-order chi connectivity index (χ0) is 19.1. The summed E-state index contributed by atoms with van der Waals surface area (Å²) in [6.45, 7) is 0. The molecule has 1 fully saturated rings. The number of fused-ring (bicyclic) bond motifs is 1. The smallest absolute Gasteiger partial charge is 0.270 e. The fourth-order valence-electron chi connectivity index (χ4n) is 3.15. The molecule has 27 heavy (non-hydrogen) atoms. The number of amides is 2. The third-order valence-electron chi connectivity index (χ3n) is 4.40. The Kier molecular flexibility index (Phi) is 4.08. The molecule has 0 spiro atoms. The molecule has 2 amide bonds. The molecular formula is C20H14FN3O2S. The molecule has 7 heteroatoms. The van der Waals surface area contributed by atoms with Crippen molar-refractivity contribution < 1.29 is 14.0 Å². The number of benzene rings is 2. The predicted octanol–water partition coefficient (Wildman–Crippen LogP) is 3.15. The summed E-state index contributed by atoms with van der Waals surface area (Å²) in [5.74, 6) is -1.67. The summed E-state index contributed by atoms with van der Waals surface area (Å²) in [5, 5.41) is 3.34. The van der Waals surface area contributed by atoms with Gasteiger partial charge in [-0.05, 0) is 42.6 Å². The van der Waals surface area contributed by atoms with E-state index in [1.807, 2.05) is 42.1 Å². The normalized spacial score (nSPS) is 16.3. The molecule has 1 aliphatic rings. The first-order chi connectivity index (χ1) is 13.0. The number of nitrogens with one attached hydrogen (secondary N) is 1. The van der Waals surface area contributed by atoms with E-state index < -0.39 is 17.6 Å². The minimum Gasteiger partial charge on any atom is -0.350 e. The van der Waals surface area contributed by atoms with Crippen molar-refractivity contribution in [2.24, 2.45) is 7.05 Å². The van der Waals surface area contributed by atoms with Gasteiger partial charge in [0.25, 0.3) is 11.8 Å². The highest BCUT2D eigenvalue weighted by Gasteiger charge is 2.34. The molecule has 0 atom stereocenters. The highest BCUT2D eigenvalue weighted by Crippen LogP contribution is 2.26. The Morgan fingerprint density at radius 3 is 2.67 bits per heavy atom. The number of thiocarbonyl (C=S) groups is 1. The van der Waals surface area contributed by atoms with E-state index >= 15 is 0 Å². The second-order valence-electron chi connectivity index (χ2n) is 6.15. The number of para-hydroxylation sites is 1.